The van der Waals surface area contributed by atoms with Crippen LogP contribution in [0.3, 0.4) is 0 Å². The van der Waals surface area contributed by atoms with Crippen molar-refractivity contribution >= 4 is 22.5 Å². The van der Waals surface area contributed by atoms with Gasteiger partial charge >= 0.3 is 6.03 Å². The molecule has 21 heavy (non-hydrogen) atoms. The molecule has 2 rings (SSSR count). The summed E-state index contributed by atoms with van der Waals surface area (Å²) < 4.78 is 16.8. The molecule has 1 N–H and O–H groups in total. The van der Waals surface area contributed by atoms with Gasteiger partial charge in [0.25, 0.3) is 0 Å². The molecule has 0 unspecified atom stereocenters. The van der Waals surface area contributed by atoms with Crippen LogP contribution in [0.5, 0.6) is 0 Å². The molecule has 0 fully saturated rings. The minimum absolute atomic E-state index is 0.177. The maximum Gasteiger partial charge on any atom is 0.322 e. The molecule has 2 aromatic rings. The largest absolute Gasteiger partial charge is 0.467 e. The molecule has 0 aliphatic carbocycles. The number of furan rings is 1. The average Bonchev–Trinajstić information content (AvgIpc) is 3.00. The van der Waals surface area contributed by atoms with Gasteiger partial charge in [-0.1, -0.05) is 6.07 Å². The van der Waals surface area contributed by atoms with Crippen LogP contribution < -0.4 is 5.32 Å². The van der Waals surface area contributed by atoms with Gasteiger partial charge in [-0.25, -0.2) is 4.79 Å². The normalized spacial score (nSPS) is 13.5. The van der Waals surface area contributed by atoms with Crippen LogP contribution in [0.2, 0.25) is 0 Å². The van der Waals surface area contributed by atoms with Gasteiger partial charge in [0.15, 0.2) is 0 Å². The first kappa shape index (κ1) is 15.3. The molecule has 0 aliphatic heterocycles. The molecule has 0 saturated carbocycles. The Hall–Kier alpha value is -2.08. The fraction of sp³-hybridized carbons (Fsp3) is 0.267. The predicted molar refractivity (Wildman–Crippen MR) is 82.7 cm³/mol. The third-order valence-electron chi connectivity index (χ3n) is 3.27. The summed E-state index contributed by atoms with van der Waals surface area (Å²) in [5.74, 6) is 0.719. The molecule has 6 heteroatoms. The third-order valence-corrected chi connectivity index (χ3v) is 4.19. The highest BCUT2D eigenvalue weighted by molar-refractivity contribution is 7.84. The zero-order valence-corrected chi connectivity index (χ0v) is 13.0. The van der Waals surface area contributed by atoms with E-state index in [9.17, 15) is 9.00 Å². The lowest BCUT2D eigenvalue weighted by molar-refractivity contribution is 0.201. The molecule has 1 heterocycles. The number of hydrogen-bond acceptors (Lipinski definition) is 3. The molecule has 112 valence electrons. The van der Waals surface area contributed by atoms with Crippen molar-refractivity contribution in [1.82, 2.24) is 4.90 Å². The van der Waals surface area contributed by atoms with E-state index in [2.05, 4.69) is 5.32 Å². The lowest BCUT2D eigenvalue weighted by atomic mass is 10.2. The summed E-state index contributed by atoms with van der Waals surface area (Å²) >= 11 is 0. The fourth-order valence-electron chi connectivity index (χ4n) is 1.86. The van der Waals surface area contributed by atoms with Gasteiger partial charge < -0.3 is 14.6 Å². The summed E-state index contributed by atoms with van der Waals surface area (Å²) in [5.41, 5.74) is 0.617. The monoisotopic (exact) mass is 306 g/mol. The Morgan fingerprint density at radius 3 is 2.71 bits per heavy atom. The number of carbonyl (C=O) groups excluding carboxylic acids is 1. The molecule has 0 spiro atoms. The summed E-state index contributed by atoms with van der Waals surface area (Å²) in [7, 11) is 0.621. The Morgan fingerprint density at radius 2 is 2.10 bits per heavy atom. The van der Waals surface area contributed by atoms with E-state index in [1.165, 1.54) is 0 Å². The van der Waals surface area contributed by atoms with Crippen molar-refractivity contribution in [1.29, 1.82) is 0 Å². The van der Waals surface area contributed by atoms with Crippen molar-refractivity contribution in [2.24, 2.45) is 0 Å². The minimum atomic E-state index is -1.08. The van der Waals surface area contributed by atoms with Crippen LogP contribution in [0.25, 0.3) is 0 Å². The molecule has 1 aromatic heterocycles. The highest BCUT2D eigenvalue weighted by atomic mass is 32.2. The number of anilines is 1. The SMILES string of the molecule is C[C@@H](c1ccco1)N(C)C(=O)Nc1cccc([S@](C)=O)c1. The Kier molecular flexibility index (Phi) is 4.80. The van der Waals surface area contributed by atoms with Gasteiger partial charge in [0.05, 0.1) is 12.3 Å². The number of nitrogens with zero attached hydrogens (tertiary/aromatic N) is 1. The van der Waals surface area contributed by atoms with Crippen LogP contribution in [0.1, 0.15) is 18.7 Å². The van der Waals surface area contributed by atoms with Gasteiger partial charge in [0, 0.05) is 34.7 Å². The Balaban J connectivity index is 2.07. The molecular weight excluding hydrogens is 288 g/mol. The molecule has 0 radical (unpaired) electrons. The van der Waals surface area contributed by atoms with Gasteiger partial charge in [-0.05, 0) is 37.3 Å². The van der Waals surface area contributed by atoms with E-state index in [0.29, 0.717) is 10.6 Å². The van der Waals surface area contributed by atoms with Gasteiger partial charge in [-0.3, -0.25) is 4.21 Å². The Bertz CT molecular complexity index is 640. The number of rotatable bonds is 4. The van der Waals surface area contributed by atoms with Gasteiger partial charge in [0.2, 0.25) is 0 Å². The molecule has 5 nitrogen and oxygen atoms in total. The molecule has 0 saturated heterocycles. The lowest BCUT2D eigenvalue weighted by Crippen LogP contribution is -2.33. The van der Waals surface area contributed by atoms with E-state index >= 15 is 0 Å². The number of hydrogen-bond donors (Lipinski definition) is 1. The molecule has 0 bridgehead atoms. The first-order valence-electron chi connectivity index (χ1n) is 6.49. The number of benzene rings is 1. The van der Waals surface area contributed by atoms with Crippen molar-refractivity contribution in [3.05, 3.63) is 48.4 Å². The second-order valence-corrected chi connectivity index (χ2v) is 6.09. The summed E-state index contributed by atoms with van der Waals surface area (Å²) in [6.45, 7) is 1.88. The van der Waals surface area contributed by atoms with E-state index in [4.69, 9.17) is 4.42 Å². The Morgan fingerprint density at radius 1 is 1.33 bits per heavy atom. The fourth-order valence-corrected chi connectivity index (χ4v) is 2.42. The summed E-state index contributed by atoms with van der Waals surface area (Å²) in [4.78, 5) is 14.5. The van der Waals surface area contributed by atoms with Crippen LogP contribution in [-0.4, -0.2) is 28.4 Å². The van der Waals surface area contributed by atoms with E-state index < -0.39 is 10.8 Å². The minimum Gasteiger partial charge on any atom is -0.467 e. The number of carbonyl (C=O) groups is 1. The number of urea groups is 1. The summed E-state index contributed by atoms with van der Waals surface area (Å²) in [6.07, 6.45) is 3.18. The first-order valence-corrected chi connectivity index (χ1v) is 8.05. The van der Waals surface area contributed by atoms with Crippen LogP contribution in [0, 0.1) is 0 Å². The van der Waals surface area contributed by atoms with Crippen molar-refractivity contribution in [2.75, 3.05) is 18.6 Å². The zero-order valence-electron chi connectivity index (χ0n) is 12.2. The quantitative estimate of drug-likeness (QED) is 0.943. The number of nitrogens with one attached hydrogen (secondary N) is 1. The van der Waals surface area contributed by atoms with Gasteiger partial charge in [-0.2, -0.15) is 0 Å². The van der Waals surface area contributed by atoms with Crippen molar-refractivity contribution in [2.45, 2.75) is 17.9 Å². The van der Waals surface area contributed by atoms with Crippen LogP contribution >= 0.6 is 0 Å². The third kappa shape index (κ3) is 3.72. The van der Waals surface area contributed by atoms with Crippen molar-refractivity contribution < 1.29 is 13.4 Å². The standard InChI is InChI=1S/C15H18N2O3S/c1-11(14-8-5-9-20-14)17(2)15(18)16-12-6-4-7-13(10-12)21(3)19/h4-11H,1-3H3,(H,16,18)/t11-,21-/m0/s1. The van der Waals surface area contributed by atoms with E-state index in [-0.39, 0.29) is 12.1 Å². The van der Waals surface area contributed by atoms with Crippen LogP contribution in [0.4, 0.5) is 10.5 Å². The zero-order chi connectivity index (χ0) is 15.4. The highest BCUT2D eigenvalue weighted by Crippen LogP contribution is 2.20. The number of amides is 2. The molecule has 2 atom stereocenters. The molecular formula is C15H18N2O3S. The Labute approximate surface area is 126 Å². The second kappa shape index (κ2) is 6.58. The highest BCUT2D eigenvalue weighted by Gasteiger charge is 2.19. The van der Waals surface area contributed by atoms with Gasteiger partial charge in [-0.15, -0.1) is 0 Å². The maximum absolute atomic E-state index is 12.2. The smallest absolute Gasteiger partial charge is 0.322 e. The van der Waals surface area contributed by atoms with Crippen LogP contribution in [-0.2, 0) is 10.8 Å². The van der Waals surface area contributed by atoms with Gasteiger partial charge in [0.1, 0.15) is 5.76 Å². The molecule has 2 amide bonds. The van der Waals surface area contributed by atoms with E-state index in [0.717, 1.165) is 5.76 Å². The van der Waals surface area contributed by atoms with Crippen LogP contribution in [0.15, 0.2) is 52.0 Å². The summed E-state index contributed by atoms with van der Waals surface area (Å²) in [6, 6.07) is 10.2. The van der Waals surface area contributed by atoms with E-state index in [1.54, 1.807) is 54.8 Å². The topological polar surface area (TPSA) is 62.6 Å². The molecule has 1 aromatic carbocycles. The summed E-state index contributed by atoms with van der Waals surface area (Å²) in [5, 5.41) is 2.79. The average molecular weight is 306 g/mol. The second-order valence-electron chi connectivity index (χ2n) is 4.71. The van der Waals surface area contributed by atoms with E-state index in [1.807, 2.05) is 13.0 Å². The predicted octanol–water partition coefficient (Wildman–Crippen LogP) is 3.24. The molecule has 0 aliphatic rings. The van der Waals surface area contributed by atoms with Crippen molar-refractivity contribution in [3.8, 4) is 0 Å². The lowest BCUT2D eigenvalue weighted by Gasteiger charge is -2.23. The maximum atomic E-state index is 12.2. The first-order chi connectivity index (χ1) is 9.99. The van der Waals surface area contributed by atoms with Crippen molar-refractivity contribution in [3.63, 3.8) is 0 Å².